The number of aromatic nitrogens is 3. The van der Waals surface area contributed by atoms with Crippen molar-refractivity contribution in [1.29, 1.82) is 0 Å². The third-order valence-corrected chi connectivity index (χ3v) is 9.50. The lowest BCUT2D eigenvalue weighted by Gasteiger charge is -2.38. The molecule has 236 valence electrons. The zero-order valence-corrected chi connectivity index (χ0v) is 26.5. The molecule has 0 bridgehead atoms. The van der Waals surface area contributed by atoms with Gasteiger partial charge < -0.3 is 10.0 Å². The number of carbonyl (C=O) groups is 1. The molecule has 1 aromatic carbocycles. The molecule has 1 aliphatic heterocycles. The molecule has 9 nitrogen and oxygen atoms in total. The van der Waals surface area contributed by atoms with Crippen molar-refractivity contribution in [2.45, 2.75) is 63.3 Å². The van der Waals surface area contributed by atoms with Gasteiger partial charge in [0.05, 0.1) is 16.9 Å². The second-order valence-corrected chi connectivity index (χ2v) is 13.8. The SMILES string of the molecule is C=CC(=O)N1CCC(c2c(S(C)(=O)=O)c(=O)n(-c3c(C)ccnc3C(C)C)c3nc(-c4c(O)cccc4F)c(F)cc23)C[C@H]1C. The standard InChI is InChI=1S/C33H34F2N4O5S/c1-7-25(41)38-14-12-20(15-19(38)5)26-21-16-23(35)29(27-22(34)9-8-10-24(27)40)37-32(21)39(33(42)31(26)45(6,43)44)30-18(4)11-13-36-28(30)17(2)3/h7-11,13,16-17,19-20,40H,1,12,14-15H2,2-6H3/t19-,20?/m1/s1. The lowest BCUT2D eigenvalue weighted by Crippen LogP contribution is -2.44. The summed E-state index contributed by atoms with van der Waals surface area (Å²) in [6.45, 7) is 11.1. The van der Waals surface area contributed by atoms with Crippen LogP contribution in [0, 0.1) is 18.6 Å². The van der Waals surface area contributed by atoms with Crippen molar-refractivity contribution in [1.82, 2.24) is 19.4 Å². The van der Waals surface area contributed by atoms with Crippen molar-refractivity contribution in [2.75, 3.05) is 12.8 Å². The number of phenolic OH excluding ortho intramolecular Hbond substituents is 1. The highest BCUT2D eigenvalue weighted by atomic mass is 32.2. The predicted octanol–water partition coefficient (Wildman–Crippen LogP) is 5.55. The molecule has 1 aliphatic rings. The first kappa shape index (κ1) is 32.0. The number of likely N-dealkylation sites (tertiary alicyclic amines) is 1. The molecule has 1 amide bonds. The van der Waals surface area contributed by atoms with Gasteiger partial charge in [0, 0.05) is 30.4 Å². The number of nitrogens with zero attached hydrogens (tertiary/aromatic N) is 4. The van der Waals surface area contributed by atoms with Crippen LogP contribution in [0.2, 0.25) is 0 Å². The van der Waals surface area contributed by atoms with Crippen molar-refractivity contribution in [3.05, 3.63) is 88.0 Å². The summed E-state index contributed by atoms with van der Waals surface area (Å²) in [4.78, 5) is 37.1. The highest BCUT2D eigenvalue weighted by Crippen LogP contribution is 2.41. The van der Waals surface area contributed by atoms with Crippen LogP contribution >= 0.6 is 0 Å². The van der Waals surface area contributed by atoms with Crippen molar-refractivity contribution in [3.8, 4) is 22.7 Å². The fraction of sp³-hybridized carbons (Fsp3) is 0.333. The van der Waals surface area contributed by atoms with Gasteiger partial charge in [-0.25, -0.2) is 22.2 Å². The van der Waals surface area contributed by atoms with Gasteiger partial charge in [-0.15, -0.1) is 0 Å². The number of aryl methyl sites for hydroxylation is 1. The first-order chi connectivity index (χ1) is 21.2. The largest absolute Gasteiger partial charge is 0.507 e. The molecule has 1 saturated heterocycles. The second-order valence-electron chi connectivity index (χ2n) is 11.8. The molecule has 0 saturated carbocycles. The quantitative estimate of drug-likeness (QED) is 0.276. The summed E-state index contributed by atoms with van der Waals surface area (Å²) in [5, 5.41) is 10.6. The topological polar surface area (TPSA) is 122 Å². The Bertz CT molecular complexity index is 2020. The molecule has 2 atom stereocenters. The summed E-state index contributed by atoms with van der Waals surface area (Å²) in [6, 6.07) is 5.87. The molecule has 4 aromatic rings. The minimum absolute atomic E-state index is 0.0470. The fourth-order valence-corrected chi connectivity index (χ4v) is 7.43. The number of rotatable bonds is 6. The number of hydrogen-bond donors (Lipinski definition) is 1. The maximum Gasteiger partial charge on any atom is 0.275 e. The first-order valence-corrected chi connectivity index (χ1v) is 16.4. The summed E-state index contributed by atoms with van der Waals surface area (Å²) in [5.41, 5.74) is -0.642. The lowest BCUT2D eigenvalue weighted by atomic mass is 9.84. The third kappa shape index (κ3) is 5.52. The zero-order chi connectivity index (χ0) is 33.0. The molecular formula is C33H34F2N4O5S. The number of piperidine rings is 1. The molecule has 0 radical (unpaired) electrons. The second kappa shape index (κ2) is 11.8. The highest BCUT2D eigenvalue weighted by molar-refractivity contribution is 7.90. The number of benzene rings is 1. The molecule has 0 spiro atoms. The summed E-state index contributed by atoms with van der Waals surface area (Å²) in [7, 11) is -4.22. The molecule has 45 heavy (non-hydrogen) atoms. The van der Waals surface area contributed by atoms with E-state index in [2.05, 4.69) is 16.5 Å². The van der Waals surface area contributed by atoms with Gasteiger partial charge in [-0.2, -0.15) is 0 Å². The molecule has 4 heterocycles. The molecule has 1 unspecified atom stereocenters. The van der Waals surface area contributed by atoms with Crippen molar-refractivity contribution in [3.63, 3.8) is 0 Å². The van der Waals surface area contributed by atoms with Gasteiger partial charge >= 0.3 is 0 Å². The predicted molar refractivity (Wildman–Crippen MR) is 167 cm³/mol. The molecule has 5 rings (SSSR count). The molecule has 12 heteroatoms. The van der Waals surface area contributed by atoms with Crippen LogP contribution in [0.4, 0.5) is 8.78 Å². The van der Waals surface area contributed by atoms with Crippen molar-refractivity contribution < 1.29 is 27.1 Å². The van der Waals surface area contributed by atoms with E-state index in [1.807, 2.05) is 20.8 Å². The minimum Gasteiger partial charge on any atom is -0.507 e. The van der Waals surface area contributed by atoms with Crippen LogP contribution in [0.25, 0.3) is 28.0 Å². The first-order valence-electron chi connectivity index (χ1n) is 14.5. The lowest BCUT2D eigenvalue weighted by molar-refractivity contribution is -0.129. The Morgan fingerprint density at radius 2 is 1.91 bits per heavy atom. The number of fused-ring (bicyclic) bond motifs is 1. The smallest absolute Gasteiger partial charge is 0.275 e. The maximum atomic E-state index is 16.1. The molecule has 3 aromatic heterocycles. The number of halogens is 2. The number of sulfone groups is 1. The molecular weight excluding hydrogens is 602 g/mol. The normalized spacial score (nSPS) is 17.2. The van der Waals surface area contributed by atoms with Crippen LogP contribution in [-0.4, -0.2) is 57.7 Å². The van der Waals surface area contributed by atoms with Gasteiger partial charge in [-0.1, -0.05) is 26.5 Å². The highest BCUT2D eigenvalue weighted by Gasteiger charge is 2.36. The number of hydrogen-bond acceptors (Lipinski definition) is 7. The minimum atomic E-state index is -4.22. The Hall–Kier alpha value is -4.45. The number of carbonyl (C=O) groups excluding carboxylic acids is 1. The third-order valence-electron chi connectivity index (χ3n) is 8.37. The van der Waals surface area contributed by atoms with E-state index in [9.17, 15) is 23.1 Å². The van der Waals surface area contributed by atoms with E-state index in [1.54, 1.807) is 24.1 Å². The van der Waals surface area contributed by atoms with Gasteiger partial charge in [0.1, 0.15) is 27.8 Å². The van der Waals surface area contributed by atoms with Crippen LogP contribution in [-0.2, 0) is 14.6 Å². The van der Waals surface area contributed by atoms with E-state index >= 15 is 8.78 Å². The van der Waals surface area contributed by atoms with E-state index in [1.165, 1.54) is 18.2 Å². The summed E-state index contributed by atoms with van der Waals surface area (Å²) in [6.07, 6.45) is 4.27. The average molecular weight is 637 g/mol. The van der Waals surface area contributed by atoms with E-state index in [0.717, 1.165) is 23.0 Å². The summed E-state index contributed by atoms with van der Waals surface area (Å²) >= 11 is 0. The zero-order valence-electron chi connectivity index (χ0n) is 25.6. The maximum absolute atomic E-state index is 16.1. The van der Waals surface area contributed by atoms with E-state index in [0.29, 0.717) is 11.3 Å². The van der Waals surface area contributed by atoms with Crippen LogP contribution in [0.5, 0.6) is 5.75 Å². The Labute approximate surface area is 259 Å². The van der Waals surface area contributed by atoms with Crippen LogP contribution < -0.4 is 5.56 Å². The molecule has 1 fully saturated rings. The van der Waals surface area contributed by atoms with E-state index < -0.39 is 54.9 Å². The van der Waals surface area contributed by atoms with Gasteiger partial charge in [0.25, 0.3) is 5.56 Å². The Balaban J connectivity index is 1.97. The molecule has 1 N–H and O–H groups in total. The van der Waals surface area contributed by atoms with Gasteiger partial charge in [0.15, 0.2) is 15.7 Å². The van der Waals surface area contributed by atoms with Crippen LogP contribution in [0.15, 0.2) is 58.9 Å². The number of phenols is 1. The number of pyridine rings is 3. The Kier molecular flexibility index (Phi) is 8.39. The van der Waals surface area contributed by atoms with E-state index in [-0.39, 0.29) is 59.5 Å². The van der Waals surface area contributed by atoms with Gasteiger partial charge in [-0.05, 0) is 80.0 Å². The van der Waals surface area contributed by atoms with Crippen molar-refractivity contribution in [2.24, 2.45) is 0 Å². The molecule has 0 aliphatic carbocycles. The fourth-order valence-electron chi connectivity index (χ4n) is 6.34. The van der Waals surface area contributed by atoms with E-state index in [4.69, 9.17) is 0 Å². The van der Waals surface area contributed by atoms with Gasteiger partial charge in [0.2, 0.25) is 5.91 Å². The van der Waals surface area contributed by atoms with Gasteiger partial charge in [-0.3, -0.25) is 19.1 Å². The van der Waals surface area contributed by atoms with Crippen LogP contribution in [0.1, 0.15) is 62.3 Å². The van der Waals surface area contributed by atoms with Crippen molar-refractivity contribution >= 4 is 26.8 Å². The Morgan fingerprint density at radius 3 is 2.51 bits per heavy atom. The monoisotopic (exact) mass is 636 g/mol. The number of aromatic hydroxyl groups is 1. The summed E-state index contributed by atoms with van der Waals surface area (Å²) < 4.78 is 59.3. The number of amides is 1. The Morgan fingerprint density at radius 1 is 1.20 bits per heavy atom. The average Bonchev–Trinajstić information content (AvgIpc) is 2.96. The summed E-state index contributed by atoms with van der Waals surface area (Å²) in [5.74, 6) is -3.58. The van der Waals surface area contributed by atoms with Crippen LogP contribution in [0.3, 0.4) is 0 Å².